The summed E-state index contributed by atoms with van der Waals surface area (Å²) in [4.78, 5) is 1.86. The SMILES string of the molecule is Cc1ccc(N2CCC[C@@H]2CO)cc1C(F)(F)F. The van der Waals surface area contributed by atoms with E-state index in [9.17, 15) is 18.3 Å². The minimum absolute atomic E-state index is 0.0186. The number of aliphatic hydroxyl groups excluding tert-OH is 1. The van der Waals surface area contributed by atoms with E-state index in [2.05, 4.69) is 0 Å². The third-order valence-corrected chi connectivity index (χ3v) is 3.45. The molecule has 0 bridgehead atoms. The number of aliphatic hydroxyl groups is 1. The van der Waals surface area contributed by atoms with Gasteiger partial charge in [0.1, 0.15) is 0 Å². The van der Waals surface area contributed by atoms with Crippen LogP contribution >= 0.6 is 0 Å². The molecule has 0 saturated carbocycles. The summed E-state index contributed by atoms with van der Waals surface area (Å²) >= 11 is 0. The second kappa shape index (κ2) is 4.80. The Morgan fingerprint density at radius 2 is 2.11 bits per heavy atom. The summed E-state index contributed by atoms with van der Waals surface area (Å²) in [7, 11) is 0. The highest BCUT2D eigenvalue weighted by Crippen LogP contribution is 2.35. The molecule has 5 heteroatoms. The molecule has 1 aliphatic heterocycles. The highest BCUT2D eigenvalue weighted by Gasteiger charge is 2.33. The van der Waals surface area contributed by atoms with Crippen LogP contribution in [-0.2, 0) is 6.18 Å². The first-order chi connectivity index (χ1) is 8.43. The summed E-state index contributed by atoms with van der Waals surface area (Å²) < 4.78 is 38.5. The minimum Gasteiger partial charge on any atom is -0.394 e. The largest absolute Gasteiger partial charge is 0.416 e. The van der Waals surface area contributed by atoms with Gasteiger partial charge in [-0.15, -0.1) is 0 Å². The smallest absolute Gasteiger partial charge is 0.394 e. The van der Waals surface area contributed by atoms with Gasteiger partial charge in [-0.25, -0.2) is 0 Å². The number of hydrogen-bond acceptors (Lipinski definition) is 2. The summed E-state index contributed by atoms with van der Waals surface area (Å²) in [6, 6.07) is 4.31. The molecule has 1 N–H and O–H groups in total. The first-order valence-corrected chi connectivity index (χ1v) is 5.99. The van der Waals surface area contributed by atoms with Crippen LogP contribution in [0.1, 0.15) is 24.0 Å². The maximum atomic E-state index is 12.8. The van der Waals surface area contributed by atoms with E-state index in [1.807, 2.05) is 4.90 Å². The molecule has 1 aliphatic rings. The molecule has 1 aromatic rings. The Labute approximate surface area is 104 Å². The van der Waals surface area contributed by atoms with E-state index in [-0.39, 0.29) is 18.2 Å². The van der Waals surface area contributed by atoms with Gasteiger partial charge >= 0.3 is 6.18 Å². The fourth-order valence-electron chi connectivity index (χ4n) is 2.46. The molecule has 0 amide bonds. The van der Waals surface area contributed by atoms with E-state index in [0.29, 0.717) is 12.2 Å². The average molecular weight is 259 g/mol. The highest BCUT2D eigenvalue weighted by molar-refractivity contribution is 5.53. The number of alkyl halides is 3. The maximum absolute atomic E-state index is 12.8. The summed E-state index contributed by atoms with van der Waals surface area (Å²) in [5.74, 6) is 0. The van der Waals surface area contributed by atoms with E-state index in [0.717, 1.165) is 12.8 Å². The molecular weight excluding hydrogens is 243 g/mol. The quantitative estimate of drug-likeness (QED) is 0.882. The monoisotopic (exact) mass is 259 g/mol. The van der Waals surface area contributed by atoms with Gasteiger partial charge in [0.15, 0.2) is 0 Å². The van der Waals surface area contributed by atoms with Crippen LogP contribution in [-0.4, -0.2) is 24.3 Å². The molecule has 18 heavy (non-hydrogen) atoms. The van der Waals surface area contributed by atoms with Gasteiger partial charge in [0.2, 0.25) is 0 Å². The van der Waals surface area contributed by atoms with Gasteiger partial charge in [-0.3, -0.25) is 0 Å². The van der Waals surface area contributed by atoms with E-state index >= 15 is 0 Å². The van der Waals surface area contributed by atoms with Crippen LogP contribution in [0.25, 0.3) is 0 Å². The lowest BCUT2D eigenvalue weighted by Crippen LogP contribution is -2.32. The number of nitrogens with zero attached hydrogens (tertiary/aromatic N) is 1. The molecule has 1 atom stereocenters. The predicted molar refractivity (Wildman–Crippen MR) is 63.6 cm³/mol. The molecule has 0 unspecified atom stereocenters. The fraction of sp³-hybridized carbons (Fsp3) is 0.538. The van der Waals surface area contributed by atoms with Gasteiger partial charge in [0, 0.05) is 12.2 Å². The zero-order valence-electron chi connectivity index (χ0n) is 10.2. The minimum atomic E-state index is -4.32. The Morgan fingerprint density at radius 1 is 1.39 bits per heavy atom. The third-order valence-electron chi connectivity index (χ3n) is 3.45. The molecule has 100 valence electrons. The number of benzene rings is 1. The fourth-order valence-corrected chi connectivity index (χ4v) is 2.46. The number of anilines is 1. The molecule has 2 rings (SSSR count). The zero-order chi connectivity index (χ0) is 13.3. The average Bonchev–Trinajstić information content (AvgIpc) is 2.76. The Kier molecular flexibility index (Phi) is 3.52. The maximum Gasteiger partial charge on any atom is 0.416 e. The van der Waals surface area contributed by atoms with E-state index in [1.54, 1.807) is 6.07 Å². The summed E-state index contributed by atoms with van der Waals surface area (Å²) in [5.41, 5.74) is 0.180. The molecule has 0 aliphatic carbocycles. The van der Waals surface area contributed by atoms with Crippen LogP contribution in [0.15, 0.2) is 18.2 Å². The van der Waals surface area contributed by atoms with E-state index < -0.39 is 11.7 Å². The van der Waals surface area contributed by atoms with Crippen molar-refractivity contribution in [3.05, 3.63) is 29.3 Å². The number of halogens is 3. The van der Waals surface area contributed by atoms with E-state index in [1.165, 1.54) is 19.1 Å². The van der Waals surface area contributed by atoms with Crippen molar-refractivity contribution >= 4 is 5.69 Å². The van der Waals surface area contributed by atoms with Gasteiger partial charge < -0.3 is 10.0 Å². The first-order valence-electron chi connectivity index (χ1n) is 5.99. The summed E-state index contributed by atoms with van der Waals surface area (Å²) in [5, 5.41) is 9.22. The molecular formula is C13H16F3NO. The lowest BCUT2D eigenvalue weighted by Gasteiger charge is -2.26. The molecule has 2 nitrogen and oxygen atoms in total. The lowest BCUT2D eigenvalue weighted by atomic mass is 10.1. The Balaban J connectivity index is 2.35. The van der Waals surface area contributed by atoms with Crippen molar-refractivity contribution in [3.8, 4) is 0 Å². The Morgan fingerprint density at radius 3 is 2.72 bits per heavy atom. The van der Waals surface area contributed by atoms with Crippen molar-refractivity contribution in [3.63, 3.8) is 0 Å². The van der Waals surface area contributed by atoms with Gasteiger partial charge in [0.05, 0.1) is 18.2 Å². The van der Waals surface area contributed by atoms with Crippen molar-refractivity contribution in [2.24, 2.45) is 0 Å². The van der Waals surface area contributed by atoms with Crippen LogP contribution in [0.3, 0.4) is 0 Å². The topological polar surface area (TPSA) is 23.5 Å². The van der Waals surface area contributed by atoms with Gasteiger partial charge in [-0.05, 0) is 37.5 Å². The molecule has 0 spiro atoms. The summed E-state index contributed by atoms with van der Waals surface area (Å²) in [6.45, 7) is 2.14. The highest BCUT2D eigenvalue weighted by atomic mass is 19.4. The van der Waals surface area contributed by atoms with Crippen molar-refractivity contribution in [1.82, 2.24) is 0 Å². The predicted octanol–water partition coefficient (Wildman–Crippen LogP) is 2.97. The van der Waals surface area contributed by atoms with Crippen molar-refractivity contribution in [2.45, 2.75) is 32.0 Å². The Bertz CT molecular complexity index is 431. The second-order valence-corrected chi connectivity index (χ2v) is 4.67. The molecule has 1 fully saturated rings. The lowest BCUT2D eigenvalue weighted by molar-refractivity contribution is -0.138. The number of hydrogen-bond donors (Lipinski definition) is 1. The zero-order valence-corrected chi connectivity index (χ0v) is 10.2. The van der Waals surface area contributed by atoms with Gasteiger partial charge in [-0.1, -0.05) is 6.07 Å². The molecule has 1 heterocycles. The van der Waals surface area contributed by atoms with Crippen molar-refractivity contribution < 1.29 is 18.3 Å². The molecule has 0 radical (unpaired) electrons. The van der Waals surface area contributed by atoms with E-state index in [4.69, 9.17) is 0 Å². The Hall–Kier alpha value is -1.23. The second-order valence-electron chi connectivity index (χ2n) is 4.67. The number of rotatable bonds is 2. The third kappa shape index (κ3) is 2.46. The van der Waals surface area contributed by atoms with Gasteiger partial charge in [-0.2, -0.15) is 13.2 Å². The van der Waals surface area contributed by atoms with Crippen LogP contribution in [0.4, 0.5) is 18.9 Å². The van der Waals surface area contributed by atoms with Crippen LogP contribution < -0.4 is 4.90 Å². The van der Waals surface area contributed by atoms with Crippen molar-refractivity contribution in [2.75, 3.05) is 18.1 Å². The molecule has 1 saturated heterocycles. The summed E-state index contributed by atoms with van der Waals surface area (Å²) in [6.07, 6.45) is -2.60. The van der Waals surface area contributed by atoms with Crippen LogP contribution in [0.2, 0.25) is 0 Å². The van der Waals surface area contributed by atoms with Gasteiger partial charge in [0.25, 0.3) is 0 Å². The number of aryl methyl sites for hydroxylation is 1. The molecule has 0 aromatic heterocycles. The van der Waals surface area contributed by atoms with Crippen molar-refractivity contribution in [1.29, 1.82) is 0 Å². The standard InChI is InChI=1S/C13H16F3NO/c1-9-4-5-10(7-12(9)13(14,15)16)17-6-2-3-11(17)8-18/h4-5,7,11,18H,2-3,6,8H2,1H3/t11-/m1/s1. The molecule has 1 aromatic carbocycles. The normalized spacial score (nSPS) is 20.5. The first kappa shape index (κ1) is 13.2. The van der Waals surface area contributed by atoms with Crippen LogP contribution in [0, 0.1) is 6.92 Å². The van der Waals surface area contributed by atoms with Crippen LogP contribution in [0.5, 0.6) is 0 Å².